The molecule has 0 spiro atoms. The molecular weight excluding hydrogens is 1360 g/mol. The number of ether oxygens (including phenoxy) is 3. The molecule has 0 aliphatic carbocycles. The van der Waals surface area contributed by atoms with E-state index >= 15 is 0 Å². The molecule has 0 amide bonds. The average molecular weight is 1440 g/mol. The number of aliphatic hydroxyl groups is 1. The van der Waals surface area contributed by atoms with Gasteiger partial charge in [0, 0.05) is 92.3 Å². The van der Waals surface area contributed by atoms with Crippen molar-refractivity contribution in [3.8, 4) is 17.2 Å². The van der Waals surface area contributed by atoms with E-state index in [9.17, 15) is 19.2 Å². The smallest absolute Gasteiger partial charge is 0.870 e. The van der Waals surface area contributed by atoms with Crippen LogP contribution in [0.3, 0.4) is 0 Å². The molecule has 0 saturated carbocycles. The summed E-state index contributed by atoms with van der Waals surface area (Å²) in [4.78, 5) is 54.3. The second-order valence-corrected chi connectivity index (χ2v) is 31.0. The molecule has 0 aliphatic rings. The number of methoxy groups -OCH3 is 3. The predicted molar refractivity (Wildman–Crippen MR) is 337 cm³/mol. The van der Waals surface area contributed by atoms with E-state index in [2.05, 4.69) is 91.1 Å². The van der Waals surface area contributed by atoms with Crippen LogP contribution in [0.1, 0.15) is 80.2 Å². The third-order valence-corrected chi connectivity index (χ3v) is 12.4. The Morgan fingerprint density at radius 2 is 0.699 bits per heavy atom. The second-order valence-electron chi connectivity index (χ2n) is 19.3. The number of carbonyl (C=O) groups excluding carboxylic acids is 3. The van der Waals surface area contributed by atoms with Crippen molar-refractivity contribution in [1.29, 1.82) is 0 Å². The van der Waals surface area contributed by atoms with Crippen molar-refractivity contribution in [2.45, 2.75) is 46.5 Å². The van der Waals surface area contributed by atoms with Gasteiger partial charge in [-0.3, -0.25) is 14.4 Å². The van der Waals surface area contributed by atoms with Crippen LogP contribution in [0.15, 0.2) is 194 Å². The van der Waals surface area contributed by atoms with Gasteiger partial charge in [0.2, 0.25) is 0 Å². The van der Waals surface area contributed by atoms with Gasteiger partial charge >= 0.3 is 84.9 Å². The summed E-state index contributed by atoms with van der Waals surface area (Å²) < 4.78 is 15.5. The van der Waals surface area contributed by atoms with Gasteiger partial charge in [-0.25, -0.2) is 4.79 Å². The van der Waals surface area contributed by atoms with Gasteiger partial charge in [-0.1, -0.05) is 178 Å². The Kier molecular flexibility index (Phi) is 42.9. The first-order valence-corrected chi connectivity index (χ1v) is 35.0. The number of hydrogen-bond donors (Lipinski definition) is 2. The number of nitrogens with zero attached hydrogens (tertiary/aromatic N) is 3. The fourth-order valence-electron chi connectivity index (χ4n) is 8.49. The number of ketones is 3. The van der Waals surface area contributed by atoms with Crippen LogP contribution in [0.2, 0.25) is 0 Å². The molecule has 18 heteroatoms. The van der Waals surface area contributed by atoms with Crippen LogP contribution in [0.25, 0.3) is 0 Å². The van der Waals surface area contributed by atoms with E-state index in [0.29, 0.717) is 31.7 Å². The third kappa shape index (κ3) is 31.2. The van der Waals surface area contributed by atoms with Gasteiger partial charge in [0.15, 0.2) is 23.5 Å². The van der Waals surface area contributed by atoms with E-state index in [1.54, 1.807) is 69.9 Å². The Morgan fingerprint density at radius 1 is 0.458 bits per heavy atom. The van der Waals surface area contributed by atoms with Crippen LogP contribution < -0.4 is 43.8 Å². The van der Waals surface area contributed by atoms with Gasteiger partial charge in [-0.05, 0) is 79.8 Å². The molecule has 0 fully saturated rings. The molecule has 0 heterocycles. The molecule has 1 radical (unpaired) electrons. The van der Waals surface area contributed by atoms with Crippen molar-refractivity contribution < 1.29 is 107 Å². The van der Waals surface area contributed by atoms with Crippen molar-refractivity contribution in [3.63, 3.8) is 0 Å². The van der Waals surface area contributed by atoms with Crippen LogP contribution in [0.4, 0.5) is 0 Å². The first-order valence-electron chi connectivity index (χ1n) is 26.0. The SMILES string of the molecule is COc1cccc(C(=O)C(C)CN(C)Cc2ccccc2)c1.COc1cccc(C(=O)[C@@H](C)CN(C)Cc2ccccc2)c1.COc1cccc(C(=O)[C@@H](C)CN(C)Cc2ccccc2)c1.O=C(O)[C@H](O)c1ccccc1.[I][V][I].[Na+].[OH-].[V]. The molecule has 0 saturated heterocycles. The minimum absolute atomic E-state index is 0. The number of benzene rings is 7. The Hall–Kier alpha value is -4.15. The van der Waals surface area contributed by atoms with Crippen molar-refractivity contribution in [3.05, 3.63) is 233 Å². The van der Waals surface area contributed by atoms with E-state index in [0.717, 1.165) is 56.5 Å². The largest absolute Gasteiger partial charge is 1.00 e. The Labute approximate surface area is 555 Å². The summed E-state index contributed by atoms with van der Waals surface area (Å²) in [5, 5.41) is 17.4. The summed E-state index contributed by atoms with van der Waals surface area (Å²) in [6, 6.07) is 61.2. The maximum Gasteiger partial charge on any atom is 1.00 e. The van der Waals surface area contributed by atoms with Crippen LogP contribution in [0, 0.1) is 17.8 Å². The standard InChI is InChI=1S/3C19H23NO2.C8H8O3.2HI.Na.H2O.2V/c3*1-15(13-20(2)14-16-8-5-4-6-9-16)19(21)17-10-7-11-18(12-17)22-3;9-7(8(10)11)6-4-2-1-3-5-6;;;;;;/h3*4-12,15H,13-14H2,1-3H3;1-5,7,9H,(H,10,11);2*1H;;1H2;;/q;;;;;;+1;;;+2/p-3/t2*15-;;7-;;;;;;/m00.1....../s1. The van der Waals surface area contributed by atoms with Gasteiger partial charge < -0.3 is 44.6 Å². The molecule has 7 aromatic carbocycles. The number of halogens is 2. The maximum absolute atomic E-state index is 12.5. The van der Waals surface area contributed by atoms with Crippen LogP contribution in [0.5, 0.6) is 17.2 Å². The van der Waals surface area contributed by atoms with Crippen LogP contribution >= 0.6 is 40.0 Å². The molecule has 3 N–H and O–H groups in total. The zero-order valence-electron chi connectivity index (χ0n) is 49.2. The minimum Gasteiger partial charge on any atom is -0.870 e. The summed E-state index contributed by atoms with van der Waals surface area (Å²) in [5.41, 5.74) is 6.29. The topological polar surface area (TPSA) is 176 Å². The summed E-state index contributed by atoms with van der Waals surface area (Å²) >= 11 is 4.74. The van der Waals surface area contributed by atoms with Crippen LogP contribution in [-0.2, 0) is 52.5 Å². The van der Waals surface area contributed by atoms with Crippen molar-refractivity contribution in [1.82, 2.24) is 14.7 Å². The average Bonchev–Trinajstić information content (AvgIpc) is 3.51. The number of aliphatic carboxylic acids is 1. The van der Waals surface area contributed by atoms with Crippen molar-refractivity contribution in [2.75, 3.05) is 62.1 Å². The summed E-state index contributed by atoms with van der Waals surface area (Å²) in [6.07, 6.45) is -1.41. The number of carbonyl (C=O) groups is 4. The molecule has 7 rings (SSSR count). The minimum atomic E-state index is -1.41. The summed E-state index contributed by atoms with van der Waals surface area (Å²) in [7, 11) is 11.6. The van der Waals surface area contributed by atoms with Gasteiger partial charge in [0.05, 0.1) is 21.3 Å². The van der Waals surface area contributed by atoms with Crippen molar-refractivity contribution in [2.24, 2.45) is 17.8 Å². The molecule has 0 aromatic heterocycles. The maximum atomic E-state index is 12.5. The molecule has 4 atom stereocenters. The fraction of sp³-hybridized carbons (Fsp3) is 0.292. The Morgan fingerprint density at radius 3 is 0.928 bits per heavy atom. The van der Waals surface area contributed by atoms with Gasteiger partial charge in [0.1, 0.15) is 17.2 Å². The number of Topliss-reactive ketones (excluding diaryl/α,β-unsaturated/α-hetero) is 3. The van der Waals surface area contributed by atoms with E-state index < -0.39 is 12.1 Å². The van der Waals surface area contributed by atoms with E-state index in [-0.39, 0.29) is 88.7 Å². The monoisotopic (exact) mass is 1440 g/mol. The third-order valence-electron chi connectivity index (χ3n) is 12.4. The van der Waals surface area contributed by atoms with Gasteiger partial charge in [-0.2, -0.15) is 0 Å². The molecule has 83 heavy (non-hydrogen) atoms. The quantitative estimate of drug-likeness (QED) is 0.0352. The van der Waals surface area contributed by atoms with E-state index in [1.807, 2.05) is 151 Å². The molecular formula is C65H78I2N3NaO10V2. The van der Waals surface area contributed by atoms with E-state index in [4.69, 9.17) is 24.4 Å². The van der Waals surface area contributed by atoms with Crippen molar-refractivity contribution >= 4 is 63.3 Å². The summed E-state index contributed by atoms with van der Waals surface area (Å²) in [6.45, 7) is 10.6. The molecule has 0 bridgehead atoms. The zero-order chi connectivity index (χ0) is 58.8. The number of carboxylic acid groups (broad SMARTS) is 1. The van der Waals surface area contributed by atoms with Gasteiger partial charge in [-0.15, -0.1) is 0 Å². The Bertz CT molecular complexity index is 2620. The number of rotatable bonds is 23. The first-order chi connectivity index (χ1) is 38.4. The molecule has 0 aliphatic heterocycles. The second kappa shape index (κ2) is 45.2. The fourth-order valence-corrected chi connectivity index (χ4v) is 8.49. The Balaban J connectivity index is 0.00000107. The van der Waals surface area contributed by atoms with Crippen LogP contribution in [-0.4, -0.2) is 116 Å². The number of hydrogen-bond acceptors (Lipinski definition) is 12. The zero-order valence-corrected chi connectivity index (χ0v) is 58.3. The first kappa shape index (κ1) is 78.8. The molecule has 13 nitrogen and oxygen atoms in total. The number of carboxylic acids is 1. The normalized spacial score (nSPS) is 11.5. The predicted octanol–water partition coefficient (Wildman–Crippen LogP) is 10.3. The molecule has 7 aromatic rings. The molecule has 1 unspecified atom stereocenters. The number of aliphatic hydroxyl groups excluding tert-OH is 1. The van der Waals surface area contributed by atoms with E-state index in [1.165, 1.54) is 16.7 Å². The van der Waals surface area contributed by atoms with Gasteiger partial charge in [0.25, 0.3) is 0 Å². The summed E-state index contributed by atoms with van der Waals surface area (Å²) in [5.74, 6) is 1.22. The molecule has 438 valence electrons.